The Morgan fingerprint density at radius 2 is 1.77 bits per heavy atom. The second kappa shape index (κ2) is 7.76. The van der Waals surface area contributed by atoms with Crippen molar-refractivity contribution in [3.05, 3.63) is 69.7 Å². The van der Waals surface area contributed by atoms with Crippen LogP contribution in [0.25, 0.3) is 21.9 Å². The van der Waals surface area contributed by atoms with Gasteiger partial charge in [-0.25, -0.2) is 13.2 Å². The summed E-state index contributed by atoms with van der Waals surface area (Å²) in [7, 11) is -3.64. The van der Waals surface area contributed by atoms with Crippen molar-refractivity contribution >= 4 is 43.6 Å². The van der Waals surface area contributed by atoms with Crippen LogP contribution in [0.1, 0.15) is 5.56 Å². The molecule has 0 aliphatic carbocycles. The van der Waals surface area contributed by atoms with Crippen molar-refractivity contribution in [2.45, 2.75) is 11.4 Å². The predicted octanol–water partition coefficient (Wildman–Crippen LogP) is 2.56. The molecular formula is C21H20ClN5O3S. The zero-order valence-electron chi connectivity index (χ0n) is 16.5. The van der Waals surface area contributed by atoms with E-state index < -0.39 is 10.0 Å². The van der Waals surface area contributed by atoms with E-state index in [0.29, 0.717) is 48.8 Å². The van der Waals surface area contributed by atoms with Gasteiger partial charge in [0.15, 0.2) is 0 Å². The van der Waals surface area contributed by atoms with Gasteiger partial charge < -0.3 is 9.97 Å². The Morgan fingerprint density at radius 1 is 1.00 bits per heavy atom. The zero-order chi connectivity index (χ0) is 21.6. The van der Waals surface area contributed by atoms with E-state index in [1.54, 1.807) is 12.3 Å². The van der Waals surface area contributed by atoms with Gasteiger partial charge in [-0.05, 0) is 42.0 Å². The van der Waals surface area contributed by atoms with Crippen molar-refractivity contribution in [1.29, 1.82) is 0 Å². The fraction of sp³-hybridized carbons (Fsp3) is 0.238. The first-order chi connectivity index (χ1) is 14.9. The first-order valence-electron chi connectivity index (χ1n) is 9.88. The number of nitrogens with zero attached hydrogens (tertiary/aromatic N) is 3. The van der Waals surface area contributed by atoms with Crippen molar-refractivity contribution in [2.24, 2.45) is 0 Å². The number of imidazole rings is 1. The van der Waals surface area contributed by atoms with E-state index in [1.165, 1.54) is 16.4 Å². The van der Waals surface area contributed by atoms with Crippen LogP contribution in [-0.2, 0) is 16.6 Å². The van der Waals surface area contributed by atoms with Gasteiger partial charge in [-0.15, -0.1) is 0 Å². The van der Waals surface area contributed by atoms with Gasteiger partial charge in [0.05, 0.1) is 21.4 Å². The van der Waals surface area contributed by atoms with E-state index in [4.69, 9.17) is 11.6 Å². The minimum Gasteiger partial charge on any atom is -0.306 e. The number of rotatable bonds is 4. The molecule has 31 heavy (non-hydrogen) atoms. The lowest BCUT2D eigenvalue weighted by Crippen LogP contribution is -2.48. The molecule has 0 radical (unpaired) electrons. The Kier molecular flexibility index (Phi) is 5.05. The largest absolute Gasteiger partial charge is 0.323 e. The monoisotopic (exact) mass is 457 g/mol. The van der Waals surface area contributed by atoms with Gasteiger partial charge in [0.1, 0.15) is 0 Å². The number of benzene rings is 2. The smallest absolute Gasteiger partial charge is 0.306 e. The number of aromatic amines is 2. The van der Waals surface area contributed by atoms with Gasteiger partial charge in [-0.1, -0.05) is 17.7 Å². The standard InChI is InChI=1S/C21H20ClN5O3S/c22-16-10-14-2-1-5-23-20(14)15(11-16)13-26-6-8-27(9-7-26)31(29,30)17-3-4-18-19(12-17)25-21(28)24-18/h1-5,10-12H,6-9,13H2,(H2,24,25,28). The molecule has 1 aliphatic heterocycles. The predicted molar refractivity (Wildman–Crippen MR) is 120 cm³/mol. The van der Waals surface area contributed by atoms with E-state index in [9.17, 15) is 13.2 Å². The highest BCUT2D eigenvalue weighted by Crippen LogP contribution is 2.25. The second-order valence-electron chi connectivity index (χ2n) is 7.61. The molecule has 1 aliphatic rings. The summed E-state index contributed by atoms with van der Waals surface area (Å²) in [6, 6.07) is 12.3. The van der Waals surface area contributed by atoms with Gasteiger partial charge in [-0.2, -0.15) is 4.31 Å². The summed E-state index contributed by atoms with van der Waals surface area (Å²) in [6.07, 6.45) is 1.76. The highest BCUT2D eigenvalue weighted by molar-refractivity contribution is 7.89. The molecule has 10 heteroatoms. The molecule has 0 bridgehead atoms. The van der Waals surface area contributed by atoms with E-state index >= 15 is 0 Å². The first-order valence-corrected chi connectivity index (χ1v) is 11.7. The summed E-state index contributed by atoms with van der Waals surface area (Å²) >= 11 is 6.28. The van der Waals surface area contributed by atoms with Gasteiger partial charge >= 0.3 is 5.69 Å². The third-order valence-corrected chi connectivity index (χ3v) is 7.71. The summed E-state index contributed by atoms with van der Waals surface area (Å²) in [5.74, 6) is 0. The lowest BCUT2D eigenvalue weighted by Gasteiger charge is -2.34. The average molecular weight is 458 g/mol. The Labute approximate surface area is 183 Å². The van der Waals surface area contributed by atoms with Crippen LogP contribution < -0.4 is 5.69 Å². The number of nitrogens with one attached hydrogen (secondary N) is 2. The lowest BCUT2D eigenvalue weighted by molar-refractivity contribution is 0.182. The number of piperazine rings is 1. The molecule has 0 amide bonds. The number of fused-ring (bicyclic) bond motifs is 2. The fourth-order valence-electron chi connectivity index (χ4n) is 4.04. The maximum atomic E-state index is 13.1. The van der Waals surface area contributed by atoms with Gasteiger partial charge in [-0.3, -0.25) is 9.88 Å². The molecule has 0 atom stereocenters. The third kappa shape index (κ3) is 3.85. The fourth-order valence-corrected chi connectivity index (χ4v) is 5.74. The molecule has 1 fully saturated rings. The van der Waals surface area contributed by atoms with Crippen LogP contribution in [0.5, 0.6) is 0 Å². The van der Waals surface area contributed by atoms with Crippen molar-refractivity contribution in [3.8, 4) is 0 Å². The molecule has 8 nitrogen and oxygen atoms in total. The maximum Gasteiger partial charge on any atom is 0.323 e. The molecule has 2 aromatic heterocycles. The summed E-state index contributed by atoms with van der Waals surface area (Å²) < 4.78 is 27.7. The van der Waals surface area contributed by atoms with Crippen LogP contribution >= 0.6 is 11.6 Å². The third-order valence-electron chi connectivity index (χ3n) is 5.60. The number of hydrogen-bond donors (Lipinski definition) is 2. The van der Waals surface area contributed by atoms with E-state index in [2.05, 4.69) is 19.9 Å². The Balaban J connectivity index is 1.32. The van der Waals surface area contributed by atoms with Crippen LogP contribution in [0.3, 0.4) is 0 Å². The van der Waals surface area contributed by atoms with Crippen molar-refractivity contribution in [3.63, 3.8) is 0 Å². The number of sulfonamides is 1. The molecular weight excluding hydrogens is 438 g/mol. The van der Waals surface area contributed by atoms with Crippen molar-refractivity contribution in [1.82, 2.24) is 24.2 Å². The number of hydrogen-bond acceptors (Lipinski definition) is 5. The van der Waals surface area contributed by atoms with Gasteiger partial charge in [0, 0.05) is 49.3 Å². The normalized spacial score (nSPS) is 16.3. The Hall–Kier alpha value is -2.72. The molecule has 1 saturated heterocycles. The number of aromatic nitrogens is 3. The Bertz CT molecular complexity index is 1440. The van der Waals surface area contributed by atoms with Crippen LogP contribution in [0.2, 0.25) is 5.02 Å². The molecule has 3 heterocycles. The topological polar surface area (TPSA) is 102 Å². The molecule has 5 rings (SSSR count). The number of H-pyrrole nitrogens is 2. The average Bonchev–Trinajstić information content (AvgIpc) is 3.13. The van der Waals surface area contributed by atoms with Crippen LogP contribution in [-0.4, -0.2) is 58.8 Å². The first kappa shape index (κ1) is 20.2. The highest BCUT2D eigenvalue weighted by Gasteiger charge is 2.29. The van der Waals surface area contributed by atoms with E-state index in [-0.39, 0.29) is 10.6 Å². The van der Waals surface area contributed by atoms with E-state index in [1.807, 2.05) is 24.3 Å². The molecule has 0 spiro atoms. The second-order valence-corrected chi connectivity index (χ2v) is 9.98. The Morgan fingerprint density at radius 3 is 2.58 bits per heavy atom. The molecule has 0 saturated carbocycles. The zero-order valence-corrected chi connectivity index (χ0v) is 18.1. The highest BCUT2D eigenvalue weighted by atomic mass is 35.5. The van der Waals surface area contributed by atoms with Crippen LogP contribution in [0, 0.1) is 0 Å². The van der Waals surface area contributed by atoms with Crippen molar-refractivity contribution < 1.29 is 8.42 Å². The molecule has 160 valence electrons. The minimum absolute atomic E-state index is 0.175. The lowest BCUT2D eigenvalue weighted by atomic mass is 10.1. The minimum atomic E-state index is -3.64. The molecule has 2 aromatic carbocycles. The molecule has 0 unspecified atom stereocenters. The maximum absolute atomic E-state index is 13.1. The van der Waals surface area contributed by atoms with E-state index in [0.717, 1.165) is 16.5 Å². The molecule has 2 N–H and O–H groups in total. The number of pyridine rings is 1. The summed E-state index contributed by atoms with van der Waals surface area (Å²) in [5.41, 5.74) is 2.64. The summed E-state index contributed by atoms with van der Waals surface area (Å²) in [6.45, 7) is 2.62. The van der Waals surface area contributed by atoms with Crippen molar-refractivity contribution in [2.75, 3.05) is 26.2 Å². The van der Waals surface area contributed by atoms with Crippen LogP contribution in [0.4, 0.5) is 0 Å². The SMILES string of the molecule is O=c1[nH]c2ccc(S(=O)(=O)N3CCN(Cc4cc(Cl)cc5cccnc45)CC3)cc2[nH]1. The summed E-state index contributed by atoms with van der Waals surface area (Å²) in [4.78, 5) is 23.6. The van der Waals surface area contributed by atoms with Gasteiger partial charge in [0.25, 0.3) is 0 Å². The summed E-state index contributed by atoms with van der Waals surface area (Å²) in [5, 5.41) is 1.65. The van der Waals surface area contributed by atoms with Gasteiger partial charge in [0.2, 0.25) is 10.0 Å². The molecule has 4 aromatic rings. The quantitative estimate of drug-likeness (QED) is 0.490. The number of halogens is 1. The van der Waals surface area contributed by atoms with Crippen LogP contribution in [0.15, 0.2) is 58.4 Å².